The number of carbonyl (C=O) groups excluding carboxylic acids is 1. The van der Waals surface area contributed by atoms with E-state index in [0.717, 1.165) is 19.4 Å². The van der Waals surface area contributed by atoms with Crippen molar-refractivity contribution in [3.63, 3.8) is 0 Å². The summed E-state index contributed by atoms with van der Waals surface area (Å²) in [5.41, 5.74) is 5.97. The summed E-state index contributed by atoms with van der Waals surface area (Å²) in [7, 11) is 0. The third-order valence-electron chi connectivity index (χ3n) is 2.95. The maximum absolute atomic E-state index is 12.2. The molecule has 1 amide bonds. The summed E-state index contributed by atoms with van der Waals surface area (Å²) >= 11 is 0. The van der Waals surface area contributed by atoms with Crippen LogP contribution in [0, 0.1) is 5.92 Å². The molecule has 1 unspecified atom stereocenters. The highest BCUT2D eigenvalue weighted by molar-refractivity contribution is 5.81. The smallest absolute Gasteiger partial charge is 0.239 e. The van der Waals surface area contributed by atoms with E-state index in [9.17, 15) is 4.79 Å². The molecule has 0 radical (unpaired) electrons. The molecule has 3 heteroatoms. The molecule has 17 heavy (non-hydrogen) atoms. The molecule has 0 aliphatic heterocycles. The van der Waals surface area contributed by atoms with Gasteiger partial charge in [0.2, 0.25) is 5.91 Å². The summed E-state index contributed by atoms with van der Waals surface area (Å²) in [6.07, 6.45) is 4.21. The lowest BCUT2D eigenvalue weighted by molar-refractivity contribution is -0.134. The van der Waals surface area contributed by atoms with E-state index >= 15 is 0 Å². The Morgan fingerprint density at radius 2 is 1.76 bits per heavy atom. The Morgan fingerprint density at radius 1 is 1.18 bits per heavy atom. The molecule has 0 heterocycles. The van der Waals surface area contributed by atoms with Gasteiger partial charge in [-0.25, -0.2) is 0 Å². The van der Waals surface area contributed by atoms with E-state index < -0.39 is 0 Å². The second-order valence-corrected chi connectivity index (χ2v) is 5.57. The van der Waals surface area contributed by atoms with Crippen molar-refractivity contribution in [3.05, 3.63) is 0 Å². The number of carbonyl (C=O) groups is 1. The van der Waals surface area contributed by atoms with E-state index in [0.29, 0.717) is 5.92 Å². The van der Waals surface area contributed by atoms with E-state index in [-0.39, 0.29) is 18.0 Å². The lowest BCUT2D eigenvalue weighted by Crippen LogP contribution is -2.47. The van der Waals surface area contributed by atoms with Crippen LogP contribution in [0.25, 0.3) is 0 Å². The number of hydrogen-bond donors (Lipinski definition) is 1. The molecule has 0 saturated heterocycles. The van der Waals surface area contributed by atoms with Gasteiger partial charge in [-0.2, -0.15) is 0 Å². The van der Waals surface area contributed by atoms with E-state index in [2.05, 4.69) is 34.6 Å². The molecule has 0 aliphatic carbocycles. The molecule has 0 rings (SSSR count). The van der Waals surface area contributed by atoms with Gasteiger partial charge in [0.25, 0.3) is 0 Å². The van der Waals surface area contributed by atoms with Crippen LogP contribution in [0.1, 0.15) is 60.3 Å². The van der Waals surface area contributed by atoms with Crippen molar-refractivity contribution < 1.29 is 4.79 Å². The van der Waals surface area contributed by atoms with Crippen LogP contribution in [0.2, 0.25) is 0 Å². The van der Waals surface area contributed by atoms with Gasteiger partial charge in [-0.05, 0) is 32.6 Å². The fourth-order valence-corrected chi connectivity index (χ4v) is 1.98. The largest absolute Gasteiger partial charge is 0.339 e. The first-order chi connectivity index (χ1) is 7.90. The molecule has 0 aromatic rings. The molecule has 1 atom stereocenters. The van der Waals surface area contributed by atoms with Crippen molar-refractivity contribution in [2.45, 2.75) is 72.4 Å². The molecule has 0 spiro atoms. The van der Waals surface area contributed by atoms with Gasteiger partial charge < -0.3 is 10.6 Å². The monoisotopic (exact) mass is 242 g/mol. The van der Waals surface area contributed by atoms with Crippen LogP contribution in [-0.4, -0.2) is 29.4 Å². The normalized spacial score (nSPS) is 13.2. The van der Waals surface area contributed by atoms with Crippen molar-refractivity contribution in [2.24, 2.45) is 11.7 Å². The van der Waals surface area contributed by atoms with Crippen molar-refractivity contribution in [3.8, 4) is 0 Å². The number of rotatable bonds is 8. The summed E-state index contributed by atoms with van der Waals surface area (Å²) < 4.78 is 0. The van der Waals surface area contributed by atoms with Crippen molar-refractivity contribution >= 4 is 5.91 Å². The summed E-state index contributed by atoms with van der Waals surface area (Å²) in [6.45, 7) is 11.3. The average molecular weight is 242 g/mol. The Kier molecular flexibility index (Phi) is 8.23. The molecule has 0 aliphatic rings. The summed E-state index contributed by atoms with van der Waals surface area (Å²) in [4.78, 5) is 14.1. The van der Waals surface area contributed by atoms with Crippen molar-refractivity contribution in [1.29, 1.82) is 0 Å². The van der Waals surface area contributed by atoms with E-state index in [1.807, 2.05) is 4.90 Å². The predicted molar refractivity (Wildman–Crippen MR) is 73.8 cm³/mol. The first-order valence-electron chi connectivity index (χ1n) is 6.96. The summed E-state index contributed by atoms with van der Waals surface area (Å²) in [5, 5.41) is 0. The molecule has 0 bridgehead atoms. The fraction of sp³-hybridized carbons (Fsp3) is 0.929. The molecular formula is C14H30N2O. The van der Waals surface area contributed by atoms with Crippen LogP contribution in [0.3, 0.4) is 0 Å². The third kappa shape index (κ3) is 6.67. The van der Waals surface area contributed by atoms with Crippen molar-refractivity contribution in [1.82, 2.24) is 4.90 Å². The lowest BCUT2D eigenvalue weighted by Gasteiger charge is -2.30. The van der Waals surface area contributed by atoms with Crippen LogP contribution in [0.15, 0.2) is 0 Å². The number of unbranched alkanes of at least 4 members (excludes halogenated alkanes) is 2. The number of amides is 1. The van der Waals surface area contributed by atoms with E-state index in [1.165, 1.54) is 12.8 Å². The molecule has 0 fully saturated rings. The molecule has 0 aromatic carbocycles. The van der Waals surface area contributed by atoms with Gasteiger partial charge in [0.15, 0.2) is 0 Å². The molecule has 0 aromatic heterocycles. The Hall–Kier alpha value is -0.570. The van der Waals surface area contributed by atoms with Crippen LogP contribution >= 0.6 is 0 Å². The van der Waals surface area contributed by atoms with Gasteiger partial charge in [0.05, 0.1) is 6.04 Å². The minimum absolute atomic E-state index is 0.116. The predicted octanol–water partition coefficient (Wildman–Crippen LogP) is 2.79. The first kappa shape index (κ1) is 16.4. The number of hydrogen-bond acceptors (Lipinski definition) is 2. The van der Waals surface area contributed by atoms with Gasteiger partial charge in [-0.15, -0.1) is 0 Å². The third-order valence-corrected chi connectivity index (χ3v) is 2.95. The Morgan fingerprint density at radius 3 is 2.18 bits per heavy atom. The fourth-order valence-electron chi connectivity index (χ4n) is 1.98. The minimum Gasteiger partial charge on any atom is -0.339 e. The second kappa shape index (κ2) is 8.51. The van der Waals surface area contributed by atoms with Crippen molar-refractivity contribution in [2.75, 3.05) is 6.54 Å². The van der Waals surface area contributed by atoms with Gasteiger partial charge in [-0.1, -0.05) is 33.6 Å². The SMILES string of the molecule is CCCCCN(C(=O)C(N)CC(C)C)C(C)C. The highest BCUT2D eigenvalue weighted by Gasteiger charge is 2.23. The maximum atomic E-state index is 12.2. The zero-order chi connectivity index (χ0) is 13.4. The van der Waals surface area contributed by atoms with Gasteiger partial charge >= 0.3 is 0 Å². The average Bonchev–Trinajstić information content (AvgIpc) is 2.22. The zero-order valence-corrected chi connectivity index (χ0v) is 12.2. The lowest BCUT2D eigenvalue weighted by atomic mass is 10.0. The number of nitrogens with two attached hydrogens (primary N) is 1. The molecule has 2 N–H and O–H groups in total. The quantitative estimate of drug-likeness (QED) is 0.665. The highest BCUT2D eigenvalue weighted by Crippen LogP contribution is 2.10. The first-order valence-corrected chi connectivity index (χ1v) is 6.96. The summed E-state index contributed by atoms with van der Waals surface area (Å²) in [5.74, 6) is 0.586. The van der Waals surface area contributed by atoms with Crippen LogP contribution in [0.5, 0.6) is 0 Å². The van der Waals surface area contributed by atoms with Gasteiger partial charge in [0.1, 0.15) is 0 Å². The Labute approximate surface area is 107 Å². The topological polar surface area (TPSA) is 46.3 Å². The van der Waals surface area contributed by atoms with E-state index in [4.69, 9.17) is 5.73 Å². The van der Waals surface area contributed by atoms with Gasteiger partial charge in [-0.3, -0.25) is 4.79 Å². The summed E-state index contributed by atoms with van der Waals surface area (Å²) in [6, 6.07) is -0.0865. The zero-order valence-electron chi connectivity index (χ0n) is 12.2. The van der Waals surface area contributed by atoms with Crippen LogP contribution < -0.4 is 5.73 Å². The second-order valence-electron chi connectivity index (χ2n) is 5.57. The molecule has 0 saturated carbocycles. The number of nitrogens with zero attached hydrogens (tertiary/aromatic N) is 1. The highest BCUT2D eigenvalue weighted by atomic mass is 16.2. The maximum Gasteiger partial charge on any atom is 0.239 e. The van der Waals surface area contributed by atoms with Crippen LogP contribution in [0.4, 0.5) is 0 Å². The standard InChI is InChI=1S/C14H30N2O/c1-6-7-8-9-16(12(4)5)14(17)13(15)10-11(2)3/h11-13H,6-10,15H2,1-5H3. The molecule has 3 nitrogen and oxygen atoms in total. The van der Waals surface area contributed by atoms with Crippen LogP contribution in [-0.2, 0) is 4.79 Å². The van der Waals surface area contributed by atoms with Gasteiger partial charge in [0, 0.05) is 12.6 Å². The molecular weight excluding hydrogens is 212 g/mol. The Bertz CT molecular complexity index is 214. The van der Waals surface area contributed by atoms with E-state index in [1.54, 1.807) is 0 Å². The Balaban J connectivity index is 4.32. The molecule has 102 valence electrons. The minimum atomic E-state index is -0.334.